The number of carbonyl (C=O) groups excluding carboxylic acids is 1. The molecule has 0 aromatic carbocycles. The van der Waals surface area contributed by atoms with Crippen LogP contribution in [0.1, 0.15) is 43.0 Å². The van der Waals surface area contributed by atoms with Crippen molar-refractivity contribution in [3.8, 4) is 0 Å². The van der Waals surface area contributed by atoms with Crippen LogP contribution in [-0.4, -0.2) is 43.4 Å². The minimum atomic E-state index is 0.0870. The van der Waals surface area contributed by atoms with Crippen LogP contribution in [0.15, 0.2) is 18.3 Å². The maximum Gasteiger partial charge on any atom is 0.255 e. The lowest BCUT2D eigenvalue weighted by molar-refractivity contribution is 0.0607. The summed E-state index contributed by atoms with van der Waals surface area (Å²) in [6.07, 6.45) is 6.14. The predicted molar refractivity (Wildman–Crippen MR) is 69.7 cm³/mol. The van der Waals surface area contributed by atoms with Crippen molar-refractivity contribution in [1.29, 1.82) is 0 Å². The summed E-state index contributed by atoms with van der Waals surface area (Å²) < 4.78 is 1.54. The van der Waals surface area contributed by atoms with Crippen molar-refractivity contribution in [2.24, 2.45) is 0 Å². The monoisotopic (exact) mass is 259 g/mol. The van der Waals surface area contributed by atoms with E-state index in [-0.39, 0.29) is 5.91 Å². The zero-order valence-corrected chi connectivity index (χ0v) is 11.0. The fraction of sp³-hybridized carbons (Fsp3) is 0.538. The van der Waals surface area contributed by atoms with Gasteiger partial charge in [0.1, 0.15) is 0 Å². The highest BCUT2D eigenvalue weighted by molar-refractivity contribution is 5.94. The highest BCUT2D eigenvalue weighted by Gasteiger charge is 2.26. The molecule has 3 heterocycles. The topological polar surface area (TPSA) is 63.4 Å². The molecule has 1 saturated heterocycles. The number of tetrazole rings is 1. The molecule has 3 rings (SSSR count). The van der Waals surface area contributed by atoms with E-state index < -0.39 is 0 Å². The van der Waals surface area contributed by atoms with Gasteiger partial charge in [0.25, 0.3) is 5.91 Å². The van der Waals surface area contributed by atoms with E-state index in [2.05, 4.69) is 22.4 Å². The lowest BCUT2D eigenvalue weighted by Crippen LogP contribution is -2.43. The van der Waals surface area contributed by atoms with Gasteiger partial charge in [-0.3, -0.25) is 4.79 Å². The van der Waals surface area contributed by atoms with Gasteiger partial charge in [-0.25, -0.2) is 0 Å². The van der Waals surface area contributed by atoms with E-state index in [1.54, 1.807) is 18.3 Å². The Morgan fingerprint density at radius 3 is 3.16 bits per heavy atom. The quantitative estimate of drug-likeness (QED) is 0.820. The van der Waals surface area contributed by atoms with E-state index in [0.717, 1.165) is 25.8 Å². The number of pyridine rings is 1. The zero-order chi connectivity index (χ0) is 13.2. The van der Waals surface area contributed by atoms with E-state index in [4.69, 9.17) is 0 Å². The lowest BCUT2D eigenvalue weighted by atomic mass is 9.99. The molecule has 100 valence electrons. The number of amides is 1. The molecular formula is C13H17N5O. The summed E-state index contributed by atoms with van der Waals surface area (Å²) in [5, 5.41) is 11.3. The molecule has 1 fully saturated rings. The molecule has 1 aliphatic rings. The van der Waals surface area contributed by atoms with E-state index in [1.165, 1.54) is 10.9 Å². The number of carbonyl (C=O) groups is 1. The molecule has 0 radical (unpaired) electrons. The van der Waals surface area contributed by atoms with Gasteiger partial charge in [-0.1, -0.05) is 6.92 Å². The van der Waals surface area contributed by atoms with Gasteiger partial charge in [0.2, 0.25) is 0 Å². The van der Waals surface area contributed by atoms with Crippen LogP contribution in [0.4, 0.5) is 0 Å². The first-order valence-electron chi connectivity index (χ1n) is 6.78. The van der Waals surface area contributed by atoms with Crippen LogP contribution in [0.2, 0.25) is 0 Å². The van der Waals surface area contributed by atoms with Gasteiger partial charge in [0, 0.05) is 18.8 Å². The van der Waals surface area contributed by atoms with Crippen LogP contribution < -0.4 is 0 Å². The summed E-state index contributed by atoms with van der Waals surface area (Å²) >= 11 is 0. The summed E-state index contributed by atoms with van der Waals surface area (Å²) in [5.74, 6) is 0.0870. The number of hydrogen-bond donors (Lipinski definition) is 0. The van der Waals surface area contributed by atoms with E-state index >= 15 is 0 Å². The second-order valence-electron chi connectivity index (χ2n) is 4.96. The third-order valence-corrected chi connectivity index (χ3v) is 3.80. The molecule has 0 N–H and O–H groups in total. The Balaban J connectivity index is 1.89. The number of fused-ring (bicyclic) bond motifs is 1. The number of nitrogens with zero attached hydrogens (tertiary/aromatic N) is 5. The average molecular weight is 259 g/mol. The maximum atomic E-state index is 12.6. The summed E-state index contributed by atoms with van der Waals surface area (Å²) in [5.41, 5.74) is 1.31. The minimum Gasteiger partial charge on any atom is -0.336 e. The molecule has 0 unspecified atom stereocenters. The first-order valence-corrected chi connectivity index (χ1v) is 6.78. The van der Waals surface area contributed by atoms with E-state index in [0.29, 0.717) is 17.3 Å². The van der Waals surface area contributed by atoms with E-state index in [1.807, 2.05) is 4.90 Å². The smallest absolute Gasteiger partial charge is 0.255 e. The second kappa shape index (κ2) is 4.95. The molecule has 0 spiro atoms. The van der Waals surface area contributed by atoms with Crippen LogP contribution in [-0.2, 0) is 0 Å². The minimum absolute atomic E-state index is 0.0870. The highest BCUT2D eigenvalue weighted by Crippen LogP contribution is 2.21. The summed E-state index contributed by atoms with van der Waals surface area (Å²) in [4.78, 5) is 14.6. The molecule has 1 amide bonds. The number of aromatic nitrogens is 4. The van der Waals surface area contributed by atoms with Crippen LogP contribution in [0.3, 0.4) is 0 Å². The molecule has 1 atom stereocenters. The third kappa shape index (κ3) is 2.18. The van der Waals surface area contributed by atoms with Crippen molar-refractivity contribution in [1.82, 2.24) is 24.9 Å². The molecule has 6 nitrogen and oxygen atoms in total. The predicted octanol–water partition coefficient (Wildman–Crippen LogP) is 1.53. The highest BCUT2D eigenvalue weighted by atomic mass is 16.2. The largest absolute Gasteiger partial charge is 0.336 e. The van der Waals surface area contributed by atoms with Gasteiger partial charge in [-0.2, -0.15) is 4.52 Å². The molecule has 2 aromatic heterocycles. The number of hydrogen-bond acceptors (Lipinski definition) is 4. The Kier molecular flexibility index (Phi) is 3.15. The molecule has 0 bridgehead atoms. The Hall–Kier alpha value is -1.98. The normalized spacial score (nSPS) is 19.8. The molecule has 0 aliphatic carbocycles. The number of piperidine rings is 1. The first kappa shape index (κ1) is 12.1. The molecule has 1 aliphatic heterocycles. The fourth-order valence-electron chi connectivity index (χ4n) is 2.73. The Labute approximate surface area is 111 Å². The summed E-state index contributed by atoms with van der Waals surface area (Å²) in [6.45, 7) is 2.99. The van der Waals surface area contributed by atoms with Gasteiger partial charge < -0.3 is 4.90 Å². The SMILES string of the molecule is CC[C@@H]1CCCCN1C(=O)c1ccc2nnnn2c1. The lowest BCUT2D eigenvalue weighted by Gasteiger charge is -2.35. The second-order valence-corrected chi connectivity index (χ2v) is 4.96. The summed E-state index contributed by atoms with van der Waals surface area (Å²) in [7, 11) is 0. The maximum absolute atomic E-state index is 12.6. The van der Waals surface area contributed by atoms with Crippen molar-refractivity contribution in [2.75, 3.05) is 6.54 Å². The third-order valence-electron chi connectivity index (χ3n) is 3.80. The number of rotatable bonds is 2. The van der Waals surface area contributed by atoms with Crippen LogP contribution in [0.5, 0.6) is 0 Å². The zero-order valence-electron chi connectivity index (χ0n) is 11.0. The Morgan fingerprint density at radius 1 is 1.42 bits per heavy atom. The molecule has 6 heteroatoms. The van der Waals surface area contributed by atoms with Gasteiger partial charge >= 0.3 is 0 Å². The summed E-state index contributed by atoms with van der Waals surface area (Å²) in [6, 6.07) is 3.94. The van der Waals surface area contributed by atoms with Crippen molar-refractivity contribution in [3.63, 3.8) is 0 Å². The van der Waals surface area contributed by atoms with Crippen LogP contribution in [0.25, 0.3) is 5.65 Å². The standard InChI is InChI=1S/C13H17N5O/c1-2-11-5-3-4-8-17(11)13(19)10-6-7-12-14-15-16-18(12)9-10/h6-7,9,11H,2-5,8H2,1H3/t11-/m1/s1. The average Bonchev–Trinajstić information content (AvgIpc) is 2.93. The van der Waals surface area contributed by atoms with E-state index in [9.17, 15) is 4.79 Å². The Bertz CT molecular complexity index is 593. The van der Waals surface area contributed by atoms with Crippen molar-refractivity contribution >= 4 is 11.6 Å². The van der Waals surface area contributed by atoms with Gasteiger partial charge in [0.15, 0.2) is 5.65 Å². The Morgan fingerprint density at radius 2 is 2.32 bits per heavy atom. The van der Waals surface area contributed by atoms with Crippen molar-refractivity contribution < 1.29 is 4.79 Å². The fourth-order valence-corrected chi connectivity index (χ4v) is 2.73. The first-order chi connectivity index (χ1) is 9.29. The van der Waals surface area contributed by atoms with Gasteiger partial charge in [-0.15, -0.1) is 5.10 Å². The van der Waals surface area contributed by atoms with Crippen molar-refractivity contribution in [3.05, 3.63) is 23.9 Å². The van der Waals surface area contributed by atoms with Gasteiger partial charge in [-0.05, 0) is 48.2 Å². The molecule has 0 saturated carbocycles. The molecule has 19 heavy (non-hydrogen) atoms. The van der Waals surface area contributed by atoms with Crippen molar-refractivity contribution in [2.45, 2.75) is 38.6 Å². The van der Waals surface area contributed by atoms with Gasteiger partial charge in [0.05, 0.1) is 5.56 Å². The van der Waals surface area contributed by atoms with Crippen LogP contribution >= 0.6 is 0 Å². The molecular weight excluding hydrogens is 242 g/mol. The van der Waals surface area contributed by atoms with Crippen LogP contribution in [0, 0.1) is 0 Å². The molecule has 2 aromatic rings. The number of likely N-dealkylation sites (tertiary alicyclic amines) is 1.